The summed E-state index contributed by atoms with van der Waals surface area (Å²) in [5.74, 6) is -1.47. The van der Waals surface area contributed by atoms with Crippen LogP contribution in [0.25, 0.3) is 0 Å². The molecule has 1 N–H and O–H groups in total. The second-order valence-electron chi connectivity index (χ2n) is 8.82. The molecule has 3 unspecified atom stereocenters. The number of Topliss-reactive ketones (excluding diaryl/α,β-unsaturated/α-hetero) is 1. The van der Waals surface area contributed by atoms with Crippen LogP contribution in [0.15, 0.2) is 109 Å². The lowest BCUT2D eigenvalue weighted by molar-refractivity contribution is -0.149. The first kappa shape index (κ1) is 21.8. The molecule has 2 aliphatic rings. The Balaban J connectivity index is 1.49. The standard InChI is InChI=1S/C29H26N2O3/c1-19-26(29(33)34-18-20-9-4-2-5-10-20)27(22-13-8-14-30-17-22)28-24(31-19)15-23(16-25(28)32)21-11-6-3-7-12-21/h2-14,17,23,26-27,31H,1,15-16,18H2. The van der Waals surface area contributed by atoms with Gasteiger partial charge in [0.15, 0.2) is 5.78 Å². The highest BCUT2D eigenvalue weighted by Crippen LogP contribution is 2.47. The first-order valence-electron chi connectivity index (χ1n) is 11.5. The number of ether oxygens (including phenoxy) is 1. The summed E-state index contributed by atoms with van der Waals surface area (Å²) in [7, 11) is 0. The van der Waals surface area contributed by atoms with Crippen LogP contribution in [-0.4, -0.2) is 16.7 Å². The summed E-state index contributed by atoms with van der Waals surface area (Å²) < 4.78 is 5.70. The van der Waals surface area contributed by atoms with Gasteiger partial charge in [0.25, 0.3) is 0 Å². The molecule has 0 radical (unpaired) electrons. The predicted molar refractivity (Wildman–Crippen MR) is 129 cm³/mol. The highest BCUT2D eigenvalue weighted by atomic mass is 16.5. The van der Waals surface area contributed by atoms with E-state index >= 15 is 0 Å². The van der Waals surface area contributed by atoms with E-state index in [1.807, 2.05) is 60.7 Å². The molecule has 0 saturated carbocycles. The molecule has 0 bridgehead atoms. The second kappa shape index (κ2) is 9.48. The van der Waals surface area contributed by atoms with Gasteiger partial charge >= 0.3 is 5.97 Å². The third-order valence-electron chi connectivity index (χ3n) is 6.63. The van der Waals surface area contributed by atoms with E-state index in [0.29, 0.717) is 24.1 Å². The first-order chi connectivity index (χ1) is 16.6. The lowest BCUT2D eigenvalue weighted by atomic mass is 9.69. The van der Waals surface area contributed by atoms with Gasteiger partial charge in [-0.1, -0.05) is 73.3 Å². The Bertz CT molecular complexity index is 1240. The maximum atomic E-state index is 13.6. The van der Waals surface area contributed by atoms with Gasteiger partial charge in [-0.15, -0.1) is 0 Å². The molecule has 1 aliphatic heterocycles. The van der Waals surface area contributed by atoms with E-state index in [-0.39, 0.29) is 18.3 Å². The summed E-state index contributed by atoms with van der Waals surface area (Å²) in [4.78, 5) is 31.2. The minimum Gasteiger partial charge on any atom is -0.460 e. The molecule has 0 saturated heterocycles. The van der Waals surface area contributed by atoms with Crippen molar-refractivity contribution in [1.82, 2.24) is 10.3 Å². The van der Waals surface area contributed by atoms with E-state index in [1.165, 1.54) is 0 Å². The molecule has 1 aromatic heterocycles. The number of benzene rings is 2. The van der Waals surface area contributed by atoms with Gasteiger partial charge in [0.2, 0.25) is 0 Å². The van der Waals surface area contributed by atoms with E-state index in [2.05, 4.69) is 29.0 Å². The number of ketones is 1. The number of hydrogen-bond donors (Lipinski definition) is 1. The lowest BCUT2D eigenvalue weighted by Gasteiger charge is -2.40. The summed E-state index contributed by atoms with van der Waals surface area (Å²) in [6.45, 7) is 4.35. The first-order valence-corrected chi connectivity index (χ1v) is 11.5. The van der Waals surface area contributed by atoms with Crippen LogP contribution in [0.4, 0.5) is 0 Å². The van der Waals surface area contributed by atoms with Crippen LogP contribution in [0.1, 0.15) is 41.4 Å². The average molecular weight is 451 g/mol. The van der Waals surface area contributed by atoms with Crippen LogP contribution in [0.3, 0.4) is 0 Å². The smallest absolute Gasteiger partial charge is 0.316 e. The van der Waals surface area contributed by atoms with Crippen LogP contribution in [0.5, 0.6) is 0 Å². The molecule has 170 valence electrons. The second-order valence-corrected chi connectivity index (χ2v) is 8.82. The van der Waals surface area contributed by atoms with Crippen molar-refractivity contribution in [3.8, 4) is 0 Å². The third kappa shape index (κ3) is 4.29. The Morgan fingerprint density at radius 2 is 1.68 bits per heavy atom. The van der Waals surface area contributed by atoms with Crippen LogP contribution >= 0.6 is 0 Å². The molecule has 5 heteroatoms. The molecule has 3 aromatic rings. The van der Waals surface area contributed by atoms with E-state index in [0.717, 1.165) is 22.4 Å². The van der Waals surface area contributed by atoms with E-state index in [1.54, 1.807) is 12.4 Å². The van der Waals surface area contributed by atoms with Crippen molar-refractivity contribution in [3.63, 3.8) is 0 Å². The minimum atomic E-state index is -0.719. The highest BCUT2D eigenvalue weighted by molar-refractivity contribution is 6.01. The topological polar surface area (TPSA) is 68.3 Å². The van der Waals surface area contributed by atoms with Crippen LogP contribution in [0, 0.1) is 5.92 Å². The molecule has 5 rings (SSSR count). The molecular weight excluding hydrogens is 424 g/mol. The van der Waals surface area contributed by atoms with E-state index in [4.69, 9.17) is 4.74 Å². The molecule has 2 heterocycles. The van der Waals surface area contributed by atoms with Gasteiger partial charge in [0.1, 0.15) is 12.5 Å². The number of nitrogens with zero attached hydrogens (tertiary/aromatic N) is 1. The van der Waals surface area contributed by atoms with Gasteiger partial charge in [-0.25, -0.2) is 0 Å². The summed E-state index contributed by atoms with van der Waals surface area (Å²) in [6, 6.07) is 23.4. The quantitative estimate of drug-likeness (QED) is 0.552. The number of carbonyl (C=O) groups excluding carboxylic acids is 2. The van der Waals surface area contributed by atoms with Gasteiger partial charge in [0.05, 0.1) is 0 Å². The van der Waals surface area contributed by atoms with Crippen molar-refractivity contribution in [2.45, 2.75) is 31.3 Å². The molecule has 0 spiro atoms. The van der Waals surface area contributed by atoms with Crippen LogP contribution in [-0.2, 0) is 20.9 Å². The zero-order valence-corrected chi connectivity index (χ0v) is 18.8. The molecule has 3 atom stereocenters. The predicted octanol–water partition coefficient (Wildman–Crippen LogP) is 5.04. The number of aromatic nitrogens is 1. The van der Waals surface area contributed by atoms with Gasteiger partial charge < -0.3 is 10.1 Å². The van der Waals surface area contributed by atoms with Gasteiger partial charge in [-0.3, -0.25) is 14.6 Å². The van der Waals surface area contributed by atoms with Crippen LogP contribution in [0.2, 0.25) is 0 Å². The summed E-state index contributed by atoms with van der Waals surface area (Å²) in [5, 5.41) is 3.32. The van der Waals surface area contributed by atoms with Crippen molar-refractivity contribution in [2.75, 3.05) is 0 Å². The molecule has 0 fully saturated rings. The Hall–Kier alpha value is -3.99. The van der Waals surface area contributed by atoms with E-state index in [9.17, 15) is 9.59 Å². The lowest BCUT2D eigenvalue weighted by Crippen LogP contribution is -2.42. The van der Waals surface area contributed by atoms with Gasteiger partial charge in [-0.2, -0.15) is 0 Å². The normalized spacial score (nSPS) is 22.1. The third-order valence-corrected chi connectivity index (χ3v) is 6.63. The maximum Gasteiger partial charge on any atom is 0.316 e. The fraction of sp³-hybridized carbons (Fsp3) is 0.207. The number of nitrogens with one attached hydrogen (secondary N) is 1. The fourth-order valence-electron chi connectivity index (χ4n) is 5.03. The molecular formula is C29H26N2O3. The Morgan fingerprint density at radius 1 is 0.971 bits per heavy atom. The highest BCUT2D eigenvalue weighted by Gasteiger charge is 2.45. The van der Waals surface area contributed by atoms with E-state index < -0.39 is 17.8 Å². The van der Waals surface area contributed by atoms with Gasteiger partial charge in [0, 0.05) is 41.7 Å². The van der Waals surface area contributed by atoms with Crippen molar-refractivity contribution in [2.24, 2.45) is 5.92 Å². The maximum absolute atomic E-state index is 13.6. The van der Waals surface area contributed by atoms with Crippen molar-refractivity contribution < 1.29 is 14.3 Å². The monoisotopic (exact) mass is 450 g/mol. The number of hydrogen-bond acceptors (Lipinski definition) is 5. The fourth-order valence-corrected chi connectivity index (χ4v) is 5.03. The molecule has 5 nitrogen and oxygen atoms in total. The molecule has 0 amide bonds. The zero-order chi connectivity index (χ0) is 23.5. The summed E-state index contributed by atoms with van der Waals surface area (Å²) in [5.41, 5.74) is 4.89. The molecule has 34 heavy (non-hydrogen) atoms. The Labute approximate surface area is 199 Å². The summed E-state index contributed by atoms with van der Waals surface area (Å²) >= 11 is 0. The SMILES string of the molecule is C=C1NC2=C(C(=O)CC(c3ccccc3)C2)C(c2cccnc2)C1C(=O)OCc1ccccc1. The van der Waals surface area contributed by atoms with Crippen LogP contribution < -0.4 is 5.32 Å². The Morgan fingerprint density at radius 3 is 2.38 bits per heavy atom. The number of allylic oxidation sites excluding steroid dienone is 2. The number of esters is 1. The Kier molecular flexibility index (Phi) is 6.09. The zero-order valence-electron chi connectivity index (χ0n) is 18.8. The molecule has 1 aliphatic carbocycles. The summed E-state index contributed by atoms with van der Waals surface area (Å²) in [6.07, 6.45) is 4.50. The minimum absolute atomic E-state index is 0.0461. The van der Waals surface area contributed by atoms with Crippen molar-refractivity contribution in [1.29, 1.82) is 0 Å². The average Bonchev–Trinajstić information content (AvgIpc) is 2.88. The largest absolute Gasteiger partial charge is 0.460 e. The van der Waals surface area contributed by atoms with Crippen molar-refractivity contribution in [3.05, 3.63) is 125 Å². The van der Waals surface area contributed by atoms with Gasteiger partial charge in [-0.05, 0) is 35.1 Å². The number of rotatable bonds is 5. The van der Waals surface area contributed by atoms with Crippen molar-refractivity contribution >= 4 is 11.8 Å². The number of carbonyl (C=O) groups is 2. The number of pyridine rings is 1. The molecule has 2 aromatic carbocycles.